The molecule has 10 nitrogen and oxygen atoms in total. The predicted molar refractivity (Wildman–Crippen MR) is 121 cm³/mol. The molecule has 1 aromatic carbocycles. The Morgan fingerprint density at radius 2 is 2.24 bits per heavy atom. The van der Waals surface area contributed by atoms with Crippen molar-refractivity contribution < 1.29 is 23.1 Å². The molecular formula is C23H23FN6O4. The molecule has 3 N–H and O–H groups in total. The number of nitrogens with two attached hydrogens (primary N) is 1. The lowest BCUT2D eigenvalue weighted by Crippen LogP contribution is -2.37. The fourth-order valence-electron chi connectivity index (χ4n) is 4.17. The van der Waals surface area contributed by atoms with Gasteiger partial charge in [-0.2, -0.15) is 5.10 Å². The van der Waals surface area contributed by atoms with Gasteiger partial charge in [-0.25, -0.2) is 14.1 Å². The molecule has 1 aliphatic rings. The second-order valence-electron chi connectivity index (χ2n) is 7.73. The van der Waals surface area contributed by atoms with Gasteiger partial charge in [0.2, 0.25) is 5.91 Å². The van der Waals surface area contributed by atoms with E-state index in [1.807, 2.05) is 0 Å². The molecule has 0 radical (unpaired) electrons. The average molecular weight is 466 g/mol. The summed E-state index contributed by atoms with van der Waals surface area (Å²) in [6.07, 6.45) is 3.00. The highest BCUT2D eigenvalue weighted by Gasteiger charge is 2.37. The molecule has 3 aromatic rings. The number of hydrogen-bond donors (Lipinski definition) is 2. The summed E-state index contributed by atoms with van der Waals surface area (Å²) in [5.74, 6) is 4.28. The predicted octanol–water partition coefficient (Wildman–Crippen LogP) is 1.68. The number of aromatic nitrogens is 3. The van der Waals surface area contributed by atoms with E-state index in [2.05, 4.69) is 33.8 Å². The molecule has 1 saturated heterocycles. The molecule has 11 heteroatoms. The monoisotopic (exact) mass is 466 g/mol. The number of oxazole rings is 1. The van der Waals surface area contributed by atoms with Crippen LogP contribution in [0.2, 0.25) is 0 Å². The Balaban J connectivity index is 1.75. The van der Waals surface area contributed by atoms with Gasteiger partial charge in [0.05, 0.1) is 24.3 Å². The minimum absolute atomic E-state index is 0.0705. The number of primary amides is 1. The fraction of sp³-hybridized carbons (Fsp3) is 0.304. The summed E-state index contributed by atoms with van der Waals surface area (Å²) in [5.41, 5.74) is 6.63. The molecule has 2 aromatic heterocycles. The lowest BCUT2D eigenvalue weighted by molar-refractivity contribution is -0.127. The molecule has 2 atom stereocenters. The van der Waals surface area contributed by atoms with Crippen LogP contribution in [0.15, 0.2) is 35.6 Å². The summed E-state index contributed by atoms with van der Waals surface area (Å²) in [4.78, 5) is 30.3. The number of fused-ring (bicyclic) bond motifs is 1. The van der Waals surface area contributed by atoms with Crippen molar-refractivity contribution in [1.29, 1.82) is 0 Å². The Hall–Kier alpha value is -4.17. The maximum atomic E-state index is 14.4. The lowest BCUT2D eigenvalue weighted by Gasteiger charge is -2.22. The van der Waals surface area contributed by atoms with Crippen LogP contribution in [0.3, 0.4) is 0 Å². The van der Waals surface area contributed by atoms with Crippen LogP contribution in [0, 0.1) is 17.7 Å². The van der Waals surface area contributed by atoms with Gasteiger partial charge in [0.15, 0.2) is 17.7 Å². The second-order valence-corrected chi connectivity index (χ2v) is 7.73. The molecule has 0 saturated carbocycles. The van der Waals surface area contributed by atoms with Gasteiger partial charge in [0.1, 0.15) is 22.7 Å². The topological polar surface area (TPSA) is 129 Å². The standard InChI is InChI=1S/C23H23FN6O4/c1-4-20(31)29-10-14(8-15(29)11-33-3)30-23(26-2)21(22(25)32)17(28-30)6-5-13-7-18-19(9-16(13)24)34-12-27-18/h4,7,9,12,14-15,26H,1,8,10-11H2,2-3H3,(H2,25,32)/t14?,15-/m1/s1. The number of benzene rings is 1. The smallest absolute Gasteiger partial charge is 0.255 e. The van der Waals surface area contributed by atoms with E-state index in [1.54, 1.807) is 23.7 Å². The third-order valence-electron chi connectivity index (χ3n) is 5.68. The molecule has 176 valence electrons. The molecule has 0 aliphatic carbocycles. The highest BCUT2D eigenvalue weighted by Crippen LogP contribution is 2.32. The van der Waals surface area contributed by atoms with Crippen molar-refractivity contribution in [3.63, 3.8) is 0 Å². The number of anilines is 1. The van der Waals surface area contributed by atoms with Crippen molar-refractivity contribution in [3.05, 3.63) is 53.8 Å². The Morgan fingerprint density at radius 3 is 2.91 bits per heavy atom. The SMILES string of the molecule is C=CC(=O)N1CC(n2nc(C#Cc3cc4ncoc4cc3F)c(C(N)=O)c2NC)C[C@@H]1COC. The number of amides is 2. The summed E-state index contributed by atoms with van der Waals surface area (Å²) in [5, 5.41) is 7.47. The largest absolute Gasteiger partial charge is 0.443 e. The van der Waals surface area contributed by atoms with E-state index >= 15 is 0 Å². The minimum atomic E-state index is -0.738. The highest BCUT2D eigenvalue weighted by molar-refractivity contribution is 6.00. The van der Waals surface area contributed by atoms with Gasteiger partial charge in [-0.3, -0.25) is 9.59 Å². The zero-order chi connectivity index (χ0) is 24.4. The first-order chi connectivity index (χ1) is 16.4. The number of halogens is 1. The van der Waals surface area contributed by atoms with E-state index in [0.29, 0.717) is 36.5 Å². The maximum absolute atomic E-state index is 14.4. The number of carbonyl (C=O) groups excluding carboxylic acids is 2. The summed E-state index contributed by atoms with van der Waals surface area (Å²) in [7, 11) is 3.19. The molecule has 0 spiro atoms. The number of likely N-dealkylation sites (tertiary alicyclic amines) is 1. The van der Waals surface area contributed by atoms with Gasteiger partial charge in [-0.15, -0.1) is 0 Å². The van der Waals surface area contributed by atoms with E-state index in [9.17, 15) is 14.0 Å². The molecule has 1 unspecified atom stereocenters. The first-order valence-corrected chi connectivity index (χ1v) is 10.4. The van der Waals surface area contributed by atoms with Crippen molar-refractivity contribution in [3.8, 4) is 11.8 Å². The molecule has 34 heavy (non-hydrogen) atoms. The van der Waals surface area contributed by atoms with E-state index in [1.165, 1.54) is 24.6 Å². The number of hydrogen-bond acceptors (Lipinski definition) is 7. The van der Waals surface area contributed by atoms with Gasteiger partial charge in [-0.1, -0.05) is 12.5 Å². The number of nitrogens with zero attached hydrogens (tertiary/aromatic N) is 4. The number of nitrogens with one attached hydrogen (secondary N) is 1. The lowest BCUT2D eigenvalue weighted by atomic mass is 10.1. The number of rotatable bonds is 6. The van der Waals surface area contributed by atoms with Crippen LogP contribution >= 0.6 is 0 Å². The van der Waals surface area contributed by atoms with E-state index in [-0.39, 0.29) is 34.8 Å². The summed E-state index contributed by atoms with van der Waals surface area (Å²) in [6.45, 7) is 4.23. The minimum Gasteiger partial charge on any atom is -0.443 e. The highest BCUT2D eigenvalue weighted by atomic mass is 19.1. The molecule has 1 fully saturated rings. The molecular weight excluding hydrogens is 443 g/mol. The van der Waals surface area contributed by atoms with Crippen LogP contribution in [0.4, 0.5) is 10.2 Å². The van der Waals surface area contributed by atoms with Crippen molar-refractivity contribution in [1.82, 2.24) is 19.7 Å². The third kappa shape index (κ3) is 4.11. The van der Waals surface area contributed by atoms with Crippen molar-refractivity contribution in [2.45, 2.75) is 18.5 Å². The Morgan fingerprint density at radius 1 is 1.44 bits per heavy atom. The second kappa shape index (κ2) is 9.36. The van der Waals surface area contributed by atoms with Gasteiger partial charge >= 0.3 is 0 Å². The summed E-state index contributed by atoms with van der Waals surface area (Å²) < 4.78 is 26.4. The van der Waals surface area contributed by atoms with Gasteiger partial charge in [-0.05, 0) is 24.5 Å². The van der Waals surface area contributed by atoms with Crippen LogP contribution < -0.4 is 11.1 Å². The zero-order valence-electron chi connectivity index (χ0n) is 18.7. The van der Waals surface area contributed by atoms with E-state index < -0.39 is 11.7 Å². The number of ether oxygens (including phenoxy) is 1. The van der Waals surface area contributed by atoms with Crippen molar-refractivity contribution in [2.24, 2.45) is 5.73 Å². The molecule has 0 bridgehead atoms. The number of carbonyl (C=O) groups is 2. The van der Waals surface area contributed by atoms with Gasteiger partial charge in [0, 0.05) is 26.8 Å². The van der Waals surface area contributed by atoms with E-state index in [4.69, 9.17) is 14.9 Å². The molecule has 1 aliphatic heterocycles. The van der Waals surface area contributed by atoms with Crippen LogP contribution in [0.1, 0.15) is 34.1 Å². The fourth-order valence-corrected chi connectivity index (χ4v) is 4.17. The maximum Gasteiger partial charge on any atom is 0.255 e. The van der Waals surface area contributed by atoms with Gasteiger partial charge < -0.3 is 25.1 Å². The number of methoxy groups -OCH3 is 1. The summed E-state index contributed by atoms with van der Waals surface area (Å²) in [6, 6.07) is 2.18. The zero-order valence-corrected chi connectivity index (χ0v) is 18.7. The third-order valence-corrected chi connectivity index (χ3v) is 5.68. The Labute approximate surface area is 194 Å². The van der Waals surface area contributed by atoms with Crippen molar-refractivity contribution >= 4 is 28.7 Å². The quantitative estimate of drug-likeness (QED) is 0.418. The van der Waals surface area contributed by atoms with Crippen LogP contribution in [-0.2, 0) is 9.53 Å². The first-order valence-electron chi connectivity index (χ1n) is 10.4. The Kier molecular flexibility index (Phi) is 6.34. The average Bonchev–Trinajstić information content (AvgIpc) is 3.53. The van der Waals surface area contributed by atoms with Crippen molar-refractivity contribution in [2.75, 3.05) is 32.6 Å². The van der Waals surface area contributed by atoms with Crippen LogP contribution in [0.5, 0.6) is 0 Å². The van der Waals surface area contributed by atoms with Crippen LogP contribution in [-0.4, -0.2) is 64.8 Å². The summed E-state index contributed by atoms with van der Waals surface area (Å²) >= 11 is 0. The molecule has 3 heterocycles. The first kappa shape index (κ1) is 23.0. The van der Waals surface area contributed by atoms with Crippen LogP contribution in [0.25, 0.3) is 11.1 Å². The van der Waals surface area contributed by atoms with E-state index in [0.717, 1.165) is 0 Å². The molecule has 4 rings (SSSR count). The Bertz CT molecular complexity index is 1330. The normalized spacial score (nSPS) is 17.4. The molecule has 2 amide bonds. The van der Waals surface area contributed by atoms with Gasteiger partial charge in [0.25, 0.3) is 5.91 Å².